The van der Waals surface area contributed by atoms with Crippen molar-refractivity contribution in [1.29, 1.82) is 0 Å². The number of nitrogens with two attached hydrogens (primary N) is 1. The van der Waals surface area contributed by atoms with Crippen molar-refractivity contribution >= 4 is 15.7 Å². The van der Waals surface area contributed by atoms with Gasteiger partial charge in [0, 0.05) is 0 Å². The average molecular weight is 292 g/mol. The highest BCUT2D eigenvalue weighted by Gasteiger charge is 2.27. The molecule has 8 heteroatoms. The monoisotopic (exact) mass is 292 g/mol. The van der Waals surface area contributed by atoms with E-state index in [0.29, 0.717) is 0 Å². The van der Waals surface area contributed by atoms with Gasteiger partial charge < -0.3 is 15.6 Å². The number of methoxy groups -OCH3 is 1. The molecule has 0 aliphatic heterocycles. The number of aliphatic hydroxyl groups excluding tert-OH is 1. The van der Waals surface area contributed by atoms with E-state index in [1.807, 2.05) is 0 Å². The van der Waals surface area contributed by atoms with Crippen LogP contribution in [0.1, 0.15) is 13.8 Å². The van der Waals surface area contributed by atoms with Crippen molar-refractivity contribution in [1.82, 2.24) is 4.72 Å². The molecule has 0 amide bonds. The normalized spacial score (nSPS) is 12.5. The van der Waals surface area contributed by atoms with E-state index in [-0.39, 0.29) is 16.3 Å². The highest BCUT2D eigenvalue weighted by Crippen LogP contribution is 2.28. The maximum Gasteiger partial charge on any atom is 0.241 e. The molecule has 0 bridgehead atoms. The van der Waals surface area contributed by atoms with Crippen LogP contribution in [-0.2, 0) is 10.0 Å². The second-order valence-corrected chi connectivity index (χ2v) is 6.36. The molecule has 1 aromatic rings. The van der Waals surface area contributed by atoms with Crippen molar-refractivity contribution in [2.24, 2.45) is 0 Å². The molecule has 0 saturated carbocycles. The number of anilines is 1. The lowest BCUT2D eigenvalue weighted by molar-refractivity contribution is 0.208. The van der Waals surface area contributed by atoms with Gasteiger partial charge in [-0.3, -0.25) is 0 Å². The first-order valence-corrected chi connectivity index (χ1v) is 6.89. The van der Waals surface area contributed by atoms with Gasteiger partial charge in [-0.1, -0.05) is 0 Å². The van der Waals surface area contributed by atoms with Crippen LogP contribution in [-0.4, -0.2) is 32.8 Å². The molecule has 0 aromatic heterocycles. The number of benzene rings is 1. The highest BCUT2D eigenvalue weighted by molar-refractivity contribution is 7.89. The summed E-state index contributed by atoms with van der Waals surface area (Å²) in [5.41, 5.74) is 4.33. The molecule has 108 valence electrons. The molecule has 0 spiro atoms. The summed E-state index contributed by atoms with van der Waals surface area (Å²) in [6, 6.07) is 1.91. The molecule has 0 heterocycles. The third-order valence-electron chi connectivity index (χ3n) is 2.37. The molecule has 4 N–H and O–H groups in total. The summed E-state index contributed by atoms with van der Waals surface area (Å²) in [6.45, 7) is 2.59. The first-order chi connectivity index (χ1) is 8.63. The maximum absolute atomic E-state index is 13.6. The van der Waals surface area contributed by atoms with E-state index in [0.717, 1.165) is 12.1 Å². The fourth-order valence-corrected chi connectivity index (χ4v) is 2.86. The van der Waals surface area contributed by atoms with Gasteiger partial charge >= 0.3 is 0 Å². The van der Waals surface area contributed by atoms with E-state index in [1.54, 1.807) is 0 Å². The number of hydrogen-bond acceptors (Lipinski definition) is 5. The van der Waals surface area contributed by atoms with Crippen molar-refractivity contribution < 1.29 is 22.7 Å². The highest BCUT2D eigenvalue weighted by atomic mass is 32.2. The minimum atomic E-state index is -3.99. The second kappa shape index (κ2) is 5.32. The molecule has 1 rings (SSSR count). The van der Waals surface area contributed by atoms with E-state index in [9.17, 15) is 12.8 Å². The Morgan fingerprint density at radius 2 is 2.05 bits per heavy atom. The number of halogens is 1. The number of aliphatic hydroxyl groups is 1. The van der Waals surface area contributed by atoms with Crippen LogP contribution in [0.3, 0.4) is 0 Å². The predicted octanol–water partition coefficient (Wildman–Crippen LogP) is 0.466. The van der Waals surface area contributed by atoms with Crippen LogP contribution in [0.4, 0.5) is 10.1 Å². The van der Waals surface area contributed by atoms with Gasteiger partial charge in [0.25, 0.3) is 0 Å². The first-order valence-electron chi connectivity index (χ1n) is 5.41. The van der Waals surface area contributed by atoms with Crippen molar-refractivity contribution in [3.05, 3.63) is 17.9 Å². The lowest BCUT2D eigenvalue weighted by atomic mass is 10.1. The number of nitrogen functional groups attached to an aromatic ring is 1. The molecule has 0 fully saturated rings. The Morgan fingerprint density at radius 1 is 1.47 bits per heavy atom. The molecule has 0 unspecified atom stereocenters. The van der Waals surface area contributed by atoms with Gasteiger partial charge in [-0.2, -0.15) is 0 Å². The Bertz CT molecular complexity index is 549. The van der Waals surface area contributed by atoms with E-state index in [1.165, 1.54) is 21.0 Å². The van der Waals surface area contributed by atoms with Crippen LogP contribution in [0.2, 0.25) is 0 Å². The molecule has 1 aromatic carbocycles. The summed E-state index contributed by atoms with van der Waals surface area (Å²) in [5.74, 6) is -1.08. The molecule has 0 saturated heterocycles. The number of ether oxygens (including phenoxy) is 1. The Labute approximate surface area is 111 Å². The molecular formula is C11H17FN2O4S. The number of sulfonamides is 1. The lowest BCUT2D eigenvalue weighted by Crippen LogP contribution is -2.46. The minimum Gasteiger partial charge on any atom is -0.492 e. The fraction of sp³-hybridized carbons (Fsp3) is 0.455. The van der Waals surface area contributed by atoms with Crippen LogP contribution in [0, 0.1) is 5.82 Å². The third kappa shape index (κ3) is 3.55. The smallest absolute Gasteiger partial charge is 0.241 e. The Balaban J connectivity index is 3.24. The van der Waals surface area contributed by atoms with Crippen LogP contribution >= 0.6 is 0 Å². The van der Waals surface area contributed by atoms with Gasteiger partial charge in [0.2, 0.25) is 10.0 Å². The molecule has 0 aliphatic carbocycles. The summed E-state index contributed by atoms with van der Waals surface area (Å²) in [7, 11) is -2.75. The summed E-state index contributed by atoms with van der Waals surface area (Å²) >= 11 is 0. The van der Waals surface area contributed by atoms with Gasteiger partial charge in [-0.05, 0) is 26.0 Å². The topological polar surface area (TPSA) is 102 Å². The predicted molar refractivity (Wildman–Crippen MR) is 68.9 cm³/mol. The minimum absolute atomic E-state index is 0.121. The van der Waals surface area contributed by atoms with Crippen molar-refractivity contribution in [3.63, 3.8) is 0 Å². The number of hydrogen-bond donors (Lipinski definition) is 3. The third-order valence-corrected chi connectivity index (χ3v) is 4.04. The van der Waals surface area contributed by atoms with E-state index in [2.05, 4.69) is 4.72 Å². The zero-order valence-corrected chi connectivity index (χ0v) is 11.7. The summed E-state index contributed by atoms with van der Waals surface area (Å²) in [4.78, 5) is -0.329. The number of nitrogens with one attached hydrogen (secondary N) is 1. The second-order valence-electron chi connectivity index (χ2n) is 4.68. The largest absolute Gasteiger partial charge is 0.492 e. The van der Waals surface area contributed by atoms with E-state index >= 15 is 0 Å². The molecular weight excluding hydrogens is 275 g/mol. The van der Waals surface area contributed by atoms with Crippen LogP contribution in [0.5, 0.6) is 5.75 Å². The summed E-state index contributed by atoms with van der Waals surface area (Å²) in [6.07, 6.45) is 0. The van der Waals surface area contributed by atoms with Crippen molar-refractivity contribution in [3.8, 4) is 5.75 Å². The molecule has 0 aliphatic rings. The standard InChI is InChI=1S/C11H17FN2O4S/c1-11(2,6-15)14-19(16,17)7-4-8(12)10(18-3)9(13)5-7/h4-5,14-15H,6,13H2,1-3H3. The lowest BCUT2D eigenvalue weighted by Gasteiger charge is -2.23. The Kier molecular flexibility index (Phi) is 4.39. The summed E-state index contributed by atoms with van der Waals surface area (Å²) in [5, 5.41) is 9.05. The van der Waals surface area contributed by atoms with Crippen molar-refractivity contribution in [2.75, 3.05) is 19.5 Å². The van der Waals surface area contributed by atoms with Crippen molar-refractivity contribution in [2.45, 2.75) is 24.3 Å². The number of rotatable bonds is 5. The fourth-order valence-electron chi connectivity index (χ4n) is 1.41. The SMILES string of the molecule is COc1c(N)cc(S(=O)(=O)NC(C)(C)CO)cc1F. The van der Waals surface area contributed by atoms with Gasteiger partial charge in [0.05, 0.1) is 29.8 Å². The van der Waals surface area contributed by atoms with Gasteiger partial charge in [0.15, 0.2) is 11.6 Å². The van der Waals surface area contributed by atoms with Crippen LogP contribution < -0.4 is 15.2 Å². The average Bonchev–Trinajstić information content (AvgIpc) is 2.27. The first kappa shape index (κ1) is 15.7. The van der Waals surface area contributed by atoms with Crippen LogP contribution in [0.25, 0.3) is 0 Å². The molecule has 19 heavy (non-hydrogen) atoms. The van der Waals surface area contributed by atoms with Gasteiger partial charge in [-0.15, -0.1) is 0 Å². The Morgan fingerprint density at radius 3 is 2.47 bits per heavy atom. The quantitative estimate of drug-likeness (QED) is 0.685. The Hall–Kier alpha value is -1.38. The summed E-state index contributed by atoms with van der Waals surface area (Å²) < 4.78 is 44.6. The molecule has 0 atom stereocenters. The van der Waals surface area contributed by atoms with E-state index < -0.39 is 28.0 Å². The van der Waals surface area contributed by atoms with Crippen LogP contribution in [0.15, 0.2) is 17.0 Å². The zero-order chi connectivity index (χ0) is 14.8. The molecule has 0 radical (unpaired) electrons. The molecule has 6 nitrogen and oxygen atoms in total. The van der Waals surface area contributed by atoms with Gasteiger partial charge in [0.1, 0.15) is 0 Å². The zero-order valence-electron chi connectivity index (χ0n) is 10.9. The van der Waals surface area contributed by atoms with E-state index in [4.69, 9.17) is 15.6 Å². The maximum atomic E-state index is 13.6. The van der Waals surface area contributed by atoms with Gasteiger partial charge in [-0.25, -0.2) is 17.5 Å².